The standard InChI is InChI=1S/C8H11NO2.4C2H4O2/c9-8(11,6-10)7-4-2-1-3-5-7;4*1-2(3)4/h1-5,10-11H,6,9H2;4*1H3,(H,3,4). The molecular formula is C16H27NO10. The number of carbonyl (C=O) groups is 4. The second kappa shape index (κ2) is 19.3. The first-order valence-corrected chi connectivity index (χ1v) is 7.05. The first kappa shape index (κ1) is 31.7. The zero-order valence-corrected chi connectivity index (χ0v) is 15.5. The second-order valence-electron chi connectivity index (χ2n) is 4.52. The van der Waals surface area contributed by atoms with Crippen LogP contribution in [0.5, 0.6) is 0 Å². The molecule has 27 heavy (non-hydrogen) atoms. The van der Waals surface area contributed by atoms with Gasteiger partial charge in [0.1, 0.15) is 0 Å². The van der Waals surface area contributed by atoms with Gasteiger partial charge in [-0.1, -0.05) is 30.3 Å². The predicted octanol–water partition coefficient (Wildman–Crippen LogP) is 0.146. The van der Waals surface area contributed by atoms with Crippen LogP contribution in [-0.2, 0) is 24.9 Å². The summed E-state index contributed by atoms with van der Waals surface area (Å²) in [4.78, 5) is 36.0. The lowest BCUT2D eigenvalue weighted by Gasteiger charge is -2.20. The fourth-order valence-corrected chi connectivity index (χ4v) is 0.818. The van der Waals surface area contributed by atoms with E-state index in [2.05, 4.69) is 0 Å². The molecule has 1 atom stereocenters. The van der Waals surface area contributed by atoms with E-state index in [1.54, 1.807) is 24.3 Å². The highest BCUT2D eigenvalue weighted by molar-refractivity contribution is 5.63. The van der Waals surface area contributed by atoms with Crippen LogP contribution in [0.4, 0.5) is 0 Å². The molecular weight excluding hydrogens is 366 g/mol. The van der Waals surface area contributed by atoms with Crippen LogP contribution in [0.1, 0.15) is 33.3 Å². The van der Waals surface area contributed by atoms with E-state index in [9.17, 15) is 5.11 Å². The van der Waals surface area contributed by atoms with Gasteiger partial charge in [-0.2, -0.15) is 0 Å². The Morgan fingerprint density at radius 2 is 1.00 bits per heavy atom. The van der Waals surface area contributed by atoms with E-state index in [-0.39, 0.29) is 0 Å². The molecule has 11 nitrogen and oxygen atoms in total. The zero-order valence-electron chi connectivity index (χ0n) is 15.5. The van der Waals surface area contributed by atoms with Crippen LogP contribution in [0, 0.1) is 0 Å². The van der Waals surface area contributed by atoms with Crippen molar-refractivity contribution < 1.29 is 49.8 Å². The lowest BCUT2D eigenvalue weighted by Crippen LogP contribution is -2.40. The number of hydrogen-bond acceptors (Lipinski definition) is 7. The van der Waals surface area contributed by atoms with E-state index in [1.807, 2.05) is 6.07 Å². The average Bonchev–Trinajstić information content (AvgIpc) is 2.46. The number of nitrogens with two attached hydrogens (primary N) is 1. The summed E-state index contributed by atoms with van der Waals surface area (Å²) < 4.78 is 0. The van der Waals surface area contributed by atoms with Gasteiger partial charge in [-0.3, -0.25) is 24.9 Å². The third-order valence-electron chi connectivity index (χ3n) is 1.51. The molecule has 0 heterocycles. The Morgan fingerprint density at radius 3 is 1.19 bits per heavy atom. The van der Waals surface area contributed by atoms with Crippen molar-refractivity contribution in [2.24, 2.45) is 5.73 Å². The molecule has 0 amide bonds. The van der Waals surface area contributed by atoms with Gasteiger partial charge in [0.2, 0.25) is 0 Å². The van der Waals surface area contributed by atoms with E-state index in [0.29, 0.717) is 5.56 Å². The second-order valence-corrected chi connectivity index (χ2v) is 4.52. The number of aliphatic carboxylic acids is 4. The molecule has 1 aromatic rings. The fourth-order valence-electron chi connectivity index (χ4n) is 0.818. The van der Waals surface area contributed by atoms with Crippen LogP contribution in [0.2, 0.25) is 0 Å². The SMILES string of the molecule is CC(=O)O.CC(=O)O.CC(=O)O.CC(=O)O.NC(O)(CO)c1ccccc1. The van der Waals surface area contributed by atoms with Crippen LogP contribution < -0.4 is 5.73 Å². The van der Waals surface area contributed by atoms with Gasteiger partial charge in [0.15, 0.2) is 5.72 Å². The number of rotatable bonds is 2. The largest absolute Gasteiger partial charge is 0.481 e. The Kier molecular flexibility index (Phi) is 22.7. The first-order valence-electron chi connectivity index (χ1n) is 7.05. The van der Waals surface area contributed by atoms with Crippen molar-refractivity contribution in [3.63, 3.8) is 0 Å². The summed E-state index contributed by atoms with van der Waals surface area (Å²) in [6, 6.07) is 8.65. The van der Waals surface area contributed by atoms with Crippen LogP contribution in [0.25, 0.3) is 0 Å². The summed E-state index contributed by atoms with van der Waals surface area (Å²) in [6.07, 6.45) is 0. The zero-order chi connectivity index (χ0) is 22.6. The molecule has 0 fully saturated rings. The quantitative estimate of drug-likeness (QED) is 0.335. The van der Waals surface area contributed by atoms with Crippen LogP contribution in [-0.4, -0.2) is 61.1 Å². The van der Waals surface area contributed by atoms with Crippen molar-refractivity contribution in [3.8, 4) is 0 Å². The molecule has 8 N–H and O–H groups in total. The highest BCUT2D eigenvalue weighted by atomic mass is 16.4. The van der Waals surface area contributed by atoms with Crippen molar-refractivity contribution in [1.82, 2.24) is 0 Å². The molecule has 0 bridgehead atoms. The van der Waals surface area contributed by atoms with Gasteiger partial charge in [-0.25, -0.2) is 0 Å². The molecule has 156 valence electrons. The Balaban J connectivity index is -0.000000139. The topological polar surface area (TPSA) is 216 Å². The maximum absolute atomic E-state index is 9.32. The Bertz CT molecular complexity index is 479. The fraction of sp³-hybridized carbons (Fsp3) is 0.375. The average molecular weight is 393 g/mol. The Labute approximate surface area is 156 Å². The summed E-state index contributed by atoms with van der Waals surface area (Å²) in [5.74, 6) is -3.33. The van der Waals surface area contributed by atoms with E-state index in [4.69, 9.17) is 50.4 Å². The number of aliphatic hydroxyl groups is 2. The third kappa shape index (κ3) is 51.8. The summed E-state index contributed by atoms with van der Waals surface area (Å²) in [5.41, 5.74) is 4.25. The number of carboxylic acids is 4. The summed E-state index contributed by atoms with van der Waals surface area (Å²) in [6.45, 7) is 3.86. The Hall–Kier alpha value is -3.02. The lowest BCUT2D eigenvalue weighted by atomic mass is 10.1. The Morgan fingerprint density at radius 1 is 0.778 bits per heavy atom. The van der Waals surface area contributed by atoms with Gasteiger partial charge >= 0.3 is 0 Å². The minimum atomic E-state index is -1.61. The molecule has 0 saturated heterocycles. The van der Waals surface area contributed by atoms with Crippen molar-refractivity contribution >= 4 is 23.9 Å². The van der Waals surface area contributed by atoms with Crippen molar-refractivity contribution in [2.75, 3.05) is 6.61 Å². The minimum absolute atomic E-state index is 0.475. The van der Waals surface area contributed by atoms with Crippen molar-refractivity contribution in [3.05, 3.63) is 35.9 Å². The molecule has 1 aromatic carbocycles. The molecule has 0 aliphatic rings. The number of aliphatic hydroxyl groups excluding tert-OH is 1. The summed E-state index contributed by atoms with van der Waals surface area (Å²) in [5, 5.41) is 47.7. The minimum Gasteiger partial charge on any atom is -0.481 e. The molecule has 0 radical (unpaired) electrons. The van der Waals surface area contributed by atoms with Crippen molar-refractivity contribution in [1.29, 1.82) is 0 Å². The van der Waals surface area contributed by atoms with E-state index >= 15 is 0 Å². The van der Waals surface area contributed by atoms with Gasteiger partial charge in [-0.15, -0.1) is 0 Å². The number of hydrogen-bond donors (Lipinski definition) is 7. The highest BCUT2D eigenvalue weighted by Crippen LogP contribution is 2.12. The van der Waals surface area contributed by atoms with Crippen LogP contribution >= 0.6 is 0 Å². The smallest absolute Gasteiger partial charge is 0.300 e. The lowest BCUT2D eigenvalue weighted by molar-refractivity contribution is -0.135. The number of benzene rings is 1. The molecule has 11 heteroatoms. The summed E-state index contributed by atoms with van der Waals surface area (Å²) >= 11 is 0. The molecule has 1 rings (SSSR count). The molecule has 0 spiro atoms. The first-order chi connectivity index (χ1) is 12.1. The van der Waals surface area contributed by atoms with E-state index in [0.717, 1.165) is 27.7 Å². The third-order valence-corrected chi connectivity index (χ3v) is 1.51. The molecule has 0 aromatic heterocycles. The number of carboxylic acid groups (broad SMARTS) is 4. The van der Waals surface area contributed by atoms with E-state index < -0.39 is 36.2 Å². The maximum Gasteiger partial charge on any atom is 0.300 e. The monoisotopic (exact) mass is 393 g/mol. The van der Waals surface area contributed by atoms with Crippen LogP contribution in [0.3, 0.4) is 0 Å². The van der Waals surface area contributed by atoms with Crippen molar-refractivity contribution in [2.45, 2.75) is 33.4 Å². The normalized spacial score (nSPS) is 10.2. The van der Waals surface area contributed by atoms with Gasteiger partial charge in [0.05, 0.1) is 6.61 Å². The highest BCUT2D eigenvalue weighted by Gasteiger charge is 2.21. The molecule has 0 aliphatic carbocycles. The maximum atomic E-state index is 9.32. The molecule has 0 aliphatic heterocycles. The van der Waals surface area contributed by atoms with Gasteiger partial charge in [0, 0.05) is 33.3 Å². The van der Waals surface area contributed by atoms with Gasteiger partial charge in [0.25, 0.3) is 23.9 Å². The van der Waals surface area contributed by atoms with E-state index in [1.165, 1.54) is 0 Å². The van der Waals surface area contributed by atoms with Gasteiger partial charge in [-0.05, 0) is 0 Å². The van der Waals surface area contributed by atoms with Crippen LogP contribution in [0.15, 0.2) is 30.3 Å². The van der Waals surface area contributed by atoms with Gasteiger partial charge < -0.3 is 30.6 Å². The molecule has 1 unspecified atom stereocenters. The summed E-state index contributed by atoms with van der Waals surface area (Å²) in [7, 11) is 0. The predicted molar refractivity (Wildman–Crippen MR) is 94.9 cm³/mol. The molecule has 0 saturated carbocycles.